The van der Waals surface area contributed by atoms with Gasteiger partial charge in [0, 0.05) is 12.8 Å². The average Bonchev–Trinajstić information content (AvgIpc) is 3.70. The zero-order valence-corrected chi connectivity index (χ0v) is 64.0. The molecule has 0 aromatic heterocycles. The van der Waals surface area contributed by atoms with Crippen LogP contribution in [0.2, 0.25) is 0 Å². The van der Waals surface area contributed by atoms with Crippen molar-refractivity contribution in [2.24, 2.45) is 0 Å². The van der Waals surface area contributed by atoms with Gasteiger partial charge in [-0.05, 0) is 83.5 Å². The van der Waals surface area contributed by atoms with Crippen molar-refractivity contribution in [2.75, 3.05) is 13.2 Å². The van der Waals surface area contributed by atoms with Crippen LogP contribution in [0.1, 0.15) is 489 Å². The first-order valence-corrected chi connectivity index (χ1v) is 43.3. The van der Waals surface area contributed by atoms with Crippen molar-refractivity contribution < 1.29 is 24.5 Å². The predicted molar refractivity (Wildman–Crippen MR) is 416 cm³/mol. The van der Waals surface area contributed by atoms with Crippen LogP contribution in [0.3, 0.4) is 0 Å². The number of aliphatic hydroxyl groups excluding tert-OH is 2. The van der Waals surface area contributed by atoms with E-state index in [1.165, 1.54) is 424 Å². The fraction of sp³-hybridized carbons (Fsp3) is 0.909. The maximum absolute atomic E-state index is 12.6. The summed E-state index contributed by atoms with van der Waals surface area (Å²) in [5, 5.41) is 23.3. The maximum atomic E-state index is 12.6. The molecule has 3 N–H and O–H groups in total. The van der Waals surface area contributed by atoms with E-state index >= 15 is 0 Å². The molecule has 0 bridgehead atoms. The molecule has 556 valence electrons. The van der Waals surface area contributed by atoms with Crippen LogP contribution in [-0.4, -0.2) is 47.4 Å². The third-order valence-electron chi connectivity index (χ3n) is 20.4. The fourth-order valence-electron chi connectivity index (χ4n) is 13.8. The quantitative estimate of drug-likeness (QED) is 0.0320. The number of rotatable bonds is 82. The molecular formula is C88H169NO5. The summed E-state index contributed by atoms with van der Waals surface area (Å²) in [5.41, 5.74) is 0. The van der Waals surface area contributed by atoms with Gasteiger partial charge in [-0.2, -0.15) is 0 Å². The first kappa shape index (κ1) is 92.1. The lowest BCUT2D eigenvalue weighted by Gasteiger charge is -2.20. The van der Waals surface area contributed by atoms with E-state index in [0.717, 1.165) is 38.5 Å². The SMILES string of the molecule is CCCCCCCC/C=C\CCCCCCCCCCCC(=O)OCCCCCCCCCCCCCC/C=C\CCCCCCCCCCCCCCCCCCCC(=O)NC(CO)C(O)/C=C/CCCCCCCCCCCCCCCCCCCCCCCCC. The summed E-state index contributed by atoms with van der Waals surface area (Å²) in [6.07, 6.45) is 110. The minimum Gasteiger partial charge on any atom is -0.466 e. The lowest BCUT2D eigenvalue weighted by molar-refractivity contribution is -0.143. The highest BCUT2D eigenvalue weighted by Crippen LogP contribution is 2.20. The number of carbonyl (C=O) groups excluding carboxylic acids is 2. The maximum Gasteiger partial charge on any atom is 0.305 e. The number of nitrogens with one attached hydrogen (secondary N) is 1. The third-order valence-corrected chi connectivity index (χ3v) is 20.4. The van der Waals surface area contributed by atoms with Crippen LogP contribution in [0.4, 0.5) is 0 Å². The average molecular weight is 1320 g/mol. The Balaban J connectivity index is 3.36. The second-order valence-corrected chi connectivity index (χ2v) is 29.9. The lowest BCUT2D eigenvalue weighted by Crippen LogP contribution is -2.45. The van der Waals surface area contributed by atoms with Gasteiger partial charge in [-0.25, -0.2) is 0 Å². The van der Waals surface area contributed by atoms with Crippen molar-refractivity contribution in [3.8, 4) is 0 Å². The molecule has 0 aliphatic heterocycles. The molecule has 6 nitrogen and oxygen atoms in total. The molecule has 1 amide bonds. The van der Waals surface area contributed by atoms with Gasteiger partial charge in [0.1, 0.15) is 0 Å². The summed E-state index contributed by atoms with van der Waals surface area (Å²) in [5.74, 6) is -0.0402. The second kappa shape index (κ2) is 83.5. The topological polar surface area (TPSA) is 95.9 Å². The van der Waals surface area contributed by atoms with E-state index in [1.807, 2.05) is 6.08 Å². The Morgan fingerprint density at radius 2 is 0.500 bits per heavy atom. The number of carbonyl (C=O) groups is 2. The number of hydrogen-bond donors (Lipinski definition) is 3. The molecule has 0 radical (unpaired) electrons. The Bertz CT molecular complexity index is 1520. The van der Waals surface area contributed by atoms with Crippen molar-refractivity contribution in [2.45, 2.75) is 501 Å². The van der Waals surface area contributed by atoms with Gasteiger partial charge in [-0.1, -0.05) is 429 Å². The van der Waals surface area contributed by atoms with Crippen LogP contribution in [0, 0.1) is 0 Å². The van der Waals surface area contributed by atoms with Crippen molar-refractivity contribution in [1.82, 2.24) is 5.32 Å². The molecule has 0 heterocycles. The summed E-state index contributed by atoms with van der Waals surface area (Å²) in [7, 11) is 0. The molecular weight excluding hydrogens is 1150 g/mol. The van der Waals surface area contributed by atoms with Gasteiger partial charge in [0.05, 0.1) is 25.4 Å². The smallest absolute Gasteiger partial charge is 0.305 e. The summed E-state index contributed by atoms with van der Waals surface area (Å²) >= 11 is 0. The zero-order chi connectivity index (χ0) is 67.7. The number of allylic oxidation sites excluding steroid dienone is 5. The third kappa shape index (κ3) is 79.1. The van der Waals surface area contributed by atoms with E-state index in [4.69, 9.17) is 4.74 Å². The molecule has 0 saturated carbocycles. The standard InChI is InChI=1S/C88H169NO5/c1-3-5-7-9-11-13-15-17-19-21-23-24-25-35-38-41-45-48-52-56-60-64-68-72-76-80-86(91)85(84-90)89-87(92)81-77-73-69-65-61-57-53-49-46-42-39-36-33-31-29-27-26-28-30-32-34-37-40-43-47-51-55-59-63-67-71-75-79-83-94-88(93)82-78-74-70-66-62-58-54-50-44-22-20-18-16-14-12-10-8-6-4-2/h18,20,30,32,76,80,85-86,90-91H,3-17,19,21-29,31,33-75,77-79,81-84H2,1-2H3,(H,89,92)/b20-18-,32-30-,80-76+. The van der Waals surface area contributed by atoms with E-state index in [9.17, 15) is 19.8 Å². The monoisotopic (exact) mass is 1320 g/mol. The summed E-state index contributed by atoms with van der Waals surface area (Å²) in [4.78, 5) is 24.7. The summed E-state index contributed by atoms with van der Waals surface area (Å²) < 4.78 is 5.52. The van der Waals surface area contributed by atoms with Crippen LogP contribution >= 0.6 is 0 Å². The highest BCUT2D eigenvalue weighted by molar-refractivity contribution is 5.76. The van der Waals surface area contributed by atoms with Gasteiger partial charge in [0.15, 0.2) is 0 Å². The van der Waals surface area contributed by atoms with Gasteiger partial charge < -0.3 is 20.3 Å². The molecule has 0 rings (SSSR count). The first-order chi connectivity index (χ1) is 46.5. The zero-order valence-electron chi connectivity index (χ0n) is 64.0. The number of amides is 1. The van der Waals surface area contributed by atoms with Gasteiger partial charge in [0.25, 0.3) is 0 Å². The van der Waals surface area contributed by atoms with Gasteiger partial charge in [-0.3, -0.25) is 9.59 Å². The molecule has 0 aromatic carbocycles. The largest absolute Gasteiger partial charge is 0.466 e. The van der Waals surface area contributed by atoms with Gasteiger partial charge in [-0.15, -0.1) is 0 Å². The number of esters is 1. The van der Waals surface area contributed by atoms with E-state index in [-0.39, 0.29) is 18.5 Å². The molecule has 0 aliphatic carbocycles. The summed E-state index contributed by atoms with van der Waals surface area (Å²) in [6, 6.07) is -0.628. The molecule has 2 atom stereocenters. The lowest BCUT2D eigenvalue weighted by atomic mass is 10.0. The molecule has 0 fully saturated rings. The van der Waals surface area contributed by atoms with Crippen LogP contribution in [0.5, 0.6) is 0 Å². The molecule has 0 spiro atoms. The Labute approximate surface area is 589 Å². The minimum atomic E-state index is -0.844. The number of ether oxygens (including phenoxy) is 1. The second-order valence-electron chi connectivity index (χ2n) is 29.9. The van der Waals surface area contributed by atoms with Crippen LogP contribution in [-0.2, 0) is 14.3 Å². The van der Waals surface area contributed by atoms with E-state index in [1.54, 1.807) is 6.08 Å². The molecule has 2 unspecified atom stereocenters. The normalized spacial score (nSPS) is 12.6. The van der Waals surface area contributed by atoms with Crippen molar-refractivity contribution >= 4 is 11.9 Å². The number of aliphatic hydroxyl groups is 2. The molecule has 6 heteroatoms. The first-order valence-electron chi connectivity index (χ1n) is 43.3. The van der Waals surface area contributed by atoms with Crippen LogP contribution < -0.4 is 5.32 Å². The Morgan fingerprint density at radius 3 is 0.755 bits per heavy atom. The molecule has 0 aromatic rings. The highest BCUT2D eigenvalue weighted by atomic mass is 16.5. The van der Waals surface area contributed by atoms with Gasteiger partial charge >= 0.3 is 5.97 Å². The van der Waals surface area contributed by atoms with Crippen LogP contribution in [0.15, 0.2) is 36.5 Å². The van der Waals surface area contributed by atoms with E-state index < -0.39 is 12.1 Å². The fourth-order valence-corrected chi connectivity index (χ4v) is 13.8. The predicted octanol–water partition coefficient (Wildman–Crippen LogP) is 28.9. The van der Waals surface area contributed by atoms with Crippen molar-refractivity contribution in [1.29, 1.82) is 0 Å². The minimum absolute atomic E-state index is 0.0191. The highest BCUT2D eigenvalue weighted by Gasteiger charge is 2.18. The van der Waals surface area contributed by atoms with Gasteiger partial charge in [0.2, 0.25) is 5.91 Å². The molecule has 0 saturated heterocycles. The number of unbranched alkanes of at least 4 members (excludes halogenated alkanes) is 67. The molecule has 0 aliphatic rings. The van der Waals surface area contributed by atoms with E-state index in [0.29, 0.717) is 19.4 Å². The Kier molecular flexibility index (Phi) is 81.8. The van der Waals surface area contributed by atoms with Crippen molar-refractivity contribution in [3.05, 3.63) is 36.5 Å². The Hall–Kier alpha value is -1.92. The number of hydrogen-bond acceptors (Lipinski definition) is 5. The Morgan fingerprint density at radius 1 is 0.287 bits per heavy atom. The molecule has 94 heavy (non-hydrogen) atoms. The van der Waals surface area contributed by atoms with Crippen molar-refractivity contribution in [3.63, 3.8) is 0 Å². The van der Waals surface area contributed by atoms with E-state index in [2.05, 4.69) is 43.5 Å². The van der Waals surface area contributed by atoms with Crippen LogP contribution in [0.25, 0.3) is 0 Å². The summed E-state index contributed by atoms with van der Waals surface area (Å²) in [6.45, 7) is 4.96.